The molecule has 1 aromatic carbocycles. The number of nitrogens with two attached hydrogens (primary N) is 1. The van der Waals surface area contributed by atoms with Gasteiger partial charge in [0.05, 0.1) is 16.9 Å². The summed E-state index contributed by atoms with van der Waals surface area (Å²) in [6, 6.07) is 9.61. The van der Waals surface area contributed by atoms with Crippen molar-refractivity contribution in [1.29, 1.82) is 0 Å². The summed E-state index contributed by atoms with van der Waals surface area (Å²) in [5.41, 5.74) is 6.87. The number of nitrogens with one attached hydrogen (secondary N) is 1. The van der Waals surface area contributed by atoms with Crippen molar-refractivity contribution in [2.24, 2.45) is 10.7 Å². The fourth-order valence-corrected chi connectivity index (χ4v) is 2.08. The number of para-hydroxylation sites is 1. The zero-order valence-electron chi connectivity index (χ0n) is 14.8. The van der Waals surface area contributed by atoms with Crippen molar-refractivity contribution < 1.29 is 4.79 Å². The van der Waals surface area contributed by atoms with Crippen molar-refractivity contribution in [3.05, 3.63) is 68.7 Å². The summed E-state index contributed by atoms with van der Waals surface area (Å²) < 4.78 is 1.24. The number of hydrogen-bond donors (Lipinski definition) is 2. The lowest BCUT2D eigenvalue weighted by Crippen LogP contribution is -2.21. The molecule has 0 aliphatic rings. The van der Waals surface area contributed by atoms with Gasteiger partial charge >= 0.3 is 0 Å². The third-order valence-electron chi connectivity index (χ3n) is 3.23. The van der Waals surface area contributed by atoms with Gasteiger partial charge < -0.3 is 11.1 Å². The maximum Gasteiger partial charge on any atom is 0.287 e. The van der Waals surface area contributed by atoms with Crippen LogP contribution in [0.5, 0.6) is 0 Å². The van der Waals surface area contributed by atoms with Crippen molar-refractivity contribution in [2.45, 2.75) is 19.9 Å². The van der Waals surface area contributed by atoms with Gasteiger partial charge in [0.25, 0.3) is 5.56 Å². The molecule has 0 unspecified atom stereocenters. The Balaban J connectivity index is 0.000000289. The first kappa shape index (κ1) is 22.4. The molecule has 0 aliphatic heterocycles. The summed E-state index contributed by atoms with van der Waals surface area (Å²) in [4.78, 5) is 25.4. The predicted molar refractivity (Wildman–Crippen MR) is 110 cm³/mol. The number of benzene rings is 1. The van der Waals surface area contributed by atoms with Crippen LogP contribution in [0.2, 0.25) is 10.0 Å². The Morgan fingerprint density at radius 1 is 1.33 bits per heavy atom. The number of hydrogen-bond acceptors (Lipinski definition) is 5. The summed E-state index contributed by atoms with van der Waals surface area (Å²) in [7, 11) is 0. The second-order valence-corrected chi connectivity index (χ2v) is 5.87. The number of aromatic nitrogens is 2. The van der Waals surface area contributed by atoms with E-state index in [1.807, 2.05) is 30.3 Å². The predicted octanol–water partition coefficient (Wildman–Crippen LogP) is 2.94. The molecule has 1 aromatic heterocycles. The van der Waals surface area contributed by atoms with E-state index in [0.717, 1.165) is 11.3 Å². The maximum absolute atomic E-state index is 11.1. The van der Waals surface area contributed by atoms with E-state index in [0.29, 0.717) is 25.9 Å². The molecule has 0 bridgehead atoms. The van der Waals surface area contributed by atoms with Crippen LogP contribution in [0.25, 0.3) is 0 Å². The normalized spacial score (nSPS) is 11.0. The molecule has 3 N–H and O–H groups in total. The summed E-state index contributed by atoms with van der Waals surface area (Å²) in [6.07, 6.45) is 5.91. The van der Waals surface area contributed by atoms with Crippen LogP contribution in [0.4, 0.5) is 5.69 Å². The van der Waals surface area contributed by atoms with E-state index >= 15 is 0 Å². The van der Waals surface area contributed by atoms with E-state index in [1.165, 1.54) is 17.1 Å². The van der Waals surface area contributed by atoms with Gasteiger partial charge in [-0.15, -0.1) is 0 Å². The van der Waals surface area contributed by atoms with Crippen molar-refractivity contribution in [3.63, 3.8) is 0 Å². The molecule has 0 aliphatic carbocycles. The lowest BCUT2D eigenvalue weighted by molar-refractivity contribution is -0.109. The van der Waals surface area contributed by atoms with Gasteiger partial charge in [0, 0.05) is 19.3 Å². The second-order valence-electron chi connectivity index (χ2n) is 5.08. The van der Waals surface area contributed by atoms with Crippen LogP contribution in [-0.2, 0) is 11.3 Å². The fourth-order valence-electron chi connectivity index (χ4n) is 1.81. The van der Waals surface area contributed by atoms with Gasteiger partial charge in [0.15, 0.2) is 0 Å². The highest BCUT2D eigenvalue weighted by molar-refractivity contribution is 6.41. The quantitative estimate of drug-likeness (QED) is 0.416. The molecule has 7 nitrogen and oxygen atoms in total. The lowest BCUT2D eigenvalue weighted by atomic mass is 10.2. The molecule has 0 saturated heterocycles. The number of halogens is 2. The molecule has 1 heterocycles. The van der Waals surface area contributed by atoms with Crippen LogP contribution >= 0.6 is 23.2 Å². The molecule has 1 amide bonds. The van der Waals surface area contributed by atoms with Crippen LogP contribution in [0.15, 0.2) is 58.1 Å². The van der Waals surface area contributed by atoms with Gasteiger partial charge in [0.2, 0.25) is 6.41 Å². The Labute approximate surface area is 167 Å². The average molecular weight is 410 g/mol. The molecule has 9 heteroatoms. The minimum atomic E-state index is -0.346. The van der Waals surface area contributed by atoms with Crippen molar-refractivity contribution in [1.82, 2.24) is 15.1 Å². The highest BCUT2D eigenvalue weighted by atomic mass is 35.5. The van der Waals surface area contributed by atoms with Gasteiger partial charge in [-0.1, -0.05) is 41.4 Å². The van der Waals surface area contributed by atoms with Crippen LogP contribution in [0.1, 0.15) is 13.3 Å². The van der Waals surface area contributed by atoms with E-state index in [2.05, 4.69) is 15.4 Å². The van der Waals surface area contributed by atoms with E-state index in [4.69, 9.17) is 28.9 Å². The Morgan fingerprint density at radius 3 is 2.63 bits per heavy atom. The Kier molecular flexibility index (Phi) is 10.5. The first-order valence-electron chi connectivity index (χ1n) is 8.11. The maximum atomic E-state index is 11.1. The van der Waals surface area contributed by atoms with Gasteiger partial charge in [-0.05, 0) is 37.3 Å². The second kappa shape index (κ2) is 12.7. The molecule has 0 atom stereocenters. The molecule has 0 spiro atoms. The number of rotatable bonds is 7. The first-order valence-corrected chi connectivity index (χ1v) is 8.87. The number of carbonyl (C=O) groups is 1. The number of nitrogens with zero attached hydrogens (tertiary/aromatic N) is 3. The van der Waals surface area contributed by atoms with Crippen molar-refractivity contribution >= 4 is 41.5 Å². The van der Waals surface area contributed by atoms with Gasteiger partial charge in [0.1, 0.15) is 5.02 Å². The number of carbonyl (C=O) groups excluding carboxylic acids is 1. The van der Waals surface area contributed by atoms with Crippen LogP contribution in [0.3, 0.4) is 0 Å². The molecule has 0 fully saturated rings. The highest BCUT2D eigenvalue weighted by Crippen LogP contribution is 2.14. The highest BCUT2D eigenvalue weighted by Gasteiger charge is 2.04. The van der Waals surface area contributed by atoms with E-state index < -0.39 is 0 Å². The minimum absolute atomic E-state index is 0.0310. The zero-order valence-corrected chi connectivity index (χ0v) is 16.3. The molecule has 2 rings (SSSR count). The Bertz CT molecular complexity index is 835. The molecule has 27 heavy (non-hydrogen) atoms. The molecule has 2 aromatic rings. The van der Waals surface area contributed by atoms with Crippen LogP contribution in [-0.4, -0.2) is 28.9 Å². The van der Waals surface area contributed by atoms with Gasteiger partial charge in [-0.2, -0.15) is 5.10 Å². The van der Waals surface area contributed by atoms with Gasteiger partial charge in [-0.25, -0.2) is 4.68 Å². The van der Waals surface area contributed by atoms with Crippen LogP contribution in [0, 0.1) is 0 Å². The standard InChI is InChI=1S/C12H15N3O.C6H6Cl2N2O/c13-8-11(6-7-14-10-16)9-15-12-4-2-1-3-5-12;1-2-10-6(11)5(8)4(7)3-9-10/h1-5,8-10H,6-7,13H2,(H,14,16);3H,2H2,1H3/b11-8-,15-9?;. The van der Waals surface area contributed by atoms with Crippen molar-refractivity contribution in [2.75, 3.05) is 6.54 Å². The molecule has 0 saturated carbocycles. The third-order valence-corrected chi connectivity index (χ3v) is 3.98. The minimum Gasteiger partial charge on any atom is -0.404 e. The summed E-state index contributed by atoms with van der Waals surface area (Å²) in [5.74, 6) is 0. The van der Waals surface area contributed by atoms with Crippen molar-refractivity contribution in [3.8, 4) is 0 Å². The summed E-state index contributed by atoms with van der Waals surface area (Å²) in [5, 5.41) is 6.54. The number of aryl methyl sites for hydroxylation is 1. The van der Waals surface area contributed by atoms with Crippen LogP contribution < -0.4 is 16.6 Å². The van der Waals surface area contributed by atoms with E-state index in [1.54, 1.807) is 13.1 Å². The first-order chi connectivity index (χ1) is 13.0. The number of amides is 1. The van der Waals surface area contributed by atoms with E-state index in [9.17, 15) is 9.59 Å². The van der Waals surface area contributed by atoms with Gasteiger partial charge in [-0.3, -0.25) is 14.6 Å². The number of aliphatic imine (C=N–C) groups is 1. The fraction of sp³-hybridized carbons (Fsp3) is 0.222. The SMILES string of the molecule is CCn1ncc(Cl)c(Cl)c1=O.N/C=C(\C=Nc1ccccc1)CCNC=O. The topological polar surface area (TPSA) is 102 Å². The summed E-state index contributed by atoms with van der Waals surface area (Å²) in [6.45, 7) is 2.86. The molecular formula is C18H21Cl2N5O2. The Hall–Kier alpha value is -2.64. The third kappa shape index (κ3) is 8.06. The summed E-state index contributed by atoms with van der Waals surface area (Å²) >= 11 is 11.1. The molecule has 144 valence electrons. The zero-order chi connectivity index (χ0) is 20.1. The van der Waals surface area contributed by atoms with E-state index in [-0.39, 0.29) is 15.6 Å². The Morgan fingerprint density at radius 2 is 2.04 bits per heavy atom. The smallest absolute Gasteiger partial charge is 0.287 e. The molecular weight excluding hydrogens is 389 g/mol. The lowest BCUT2D eigenvalue weighted by Gasteiger charge is -1.99. The average Bonchev–Trinajstić information content (AvgIpc) is 2.70. The monoisotopic (exact) mass is 409 g/mol. The largest absolute Gasteiger partial charge is 0.404 e. The molecule has 0 radical (unpaired) electrons.